The van der Waals surface area contributed by atoms with Crippen LogP contribution >= 0.6 is 0 Å². The first kappa shape index (κ1) is 17.0. The maximum atomic E-state index is 13.4. The Morgan fingerprint density at radius 2 is 1.70 bits per heavy atom. The summed E-state index contributed by atoms with van der Waals surface area (Å²) in [4.78, 5) is 15.5. The van der Waals surface area contributed by atoms with Gasteiger partial charge in [0.1, 0.15) is 0 Å². The summed E-state index contributed by atoms with van der Waals surface area (Å²) in [5.41, 5.74) is 3.04. The smallest absolute Gasteiger partial charge is 0.254 e. The summed E-state index contributed by atoms with van der Waals surface area (Å²) in [6.07, 6.45) is 3.21. The fourth-order valence-corrected chi connectivity index (χ4v) is 5.13. The van der Waals surface area contributed by atoms with E-state index in [1.807, 2.05) is 24.3 Å². The summed E-state index contributed by atoms with van der Waals surface area (Å²) in [6.45, 7) is 2.04. The predicted octanol–water partition coefficient (Wildman–Crippen LogP) is 4.14. The number of carbonyl (C=O) groups is 1. The van der Waals surface area contributed by atoms with E-state index >= 15 is 0 Å². The number of ether oxygens (including phenoxy) is 2. The Morgan fingerprint density at radius 3 is 2.52 bits per heavy atom. The summed E-state index contributed by atoms with van der Waals surface area (Å²) in [5.74, 6) is 1.18. The van der Waals surface area contributed by atoms with Gasteiger partial charge in [0, 0.05) is 29.6 Å². The van der Waals surface area contributed by atoms with Crippen LogP contribution in [0.2, 0.25) is 0 Å². The van der Waals surface area contributed by atoms with E-state index in [9.17, 15) is 4.79 Å². The number of amides is 1. The molecule has 27 heavy (non-hydrogen) atoms. The predicted molar refractivity (Wildman–Crippen MR) is 102 cm³/mol. The van der Waals surface area contributed by atoms with Crippen molar-refractivity contribution in [2.24, 2.45) is 5.92 Å². The number of nitrogens with zero attached hydrogens (tertiary/aromatic N) is 1. The van der Waals surface area contributed by atoms with Crippen molar-refractivity contribution in [1.82, 2.24) is 4.90 Å². The zero-order valence-corrected chi connectivity index (χ0v) is 15.4. The van der Waals surface area contributed by atoms with Crippen molar-refractivity contribution in [3.63, 3.8) is 0 Å². The normalized spacial score (nSPS) is 27.9. The summed E-state index contributed by atoms with van der Waals surface area (Å²) in [7, 11) is 0. The number of hydrogen-bond acceptors (Lipinski definition) is 3. The van der Waals surface area contributed by atoms with Crippen LogP contribution < -0.4 is 0 Å². The highest BCUT2D eigenvalue weighted by Gasteiger charge is 2.46. The van der Waals surface area contributed by atoms with Gasteiger partial charge in [0.2, 0.25) is 0 Å². The Balaban J connectivity index is 1.41. The first-order valence-electron chi connectivity index (χ1n) is 10.0. The maximum Gasteiger partial charge on any atom is 0.254 e. The van der Waals surface area contributed by atoms with Crippen LogP contribution in [0.1, 0.15) is 53.0 Å². The van der Waals surface area contributed by atoms with Gasteiger partial charge in [-0.3, -0.25) is 4.79 Å². The van der Waals surface area contributed by atoms with Gasteiger partial charge in [-0.2, -0.15) is 0 Å². The molecule has 0 bridgehead atoms. The molecule has 4 nitrogen and oxygen atoms in total. The van der Waals surface area contributed by atoms with Crippen LogP contribution in [0.15, 0.2) is 54.6 Å². The van der Waals surface area contributed by atoms with Crippen LogP contribution in [0.4, 0.5) is 0 Å². The molecule has 5 rings (SSSR count). The Kier molecular flexibility index (Phi) is 4.46. The molecule has 2 saturated heterocycles. The van der Waals surface area contributed by atoms with E-state index in [-0.39, 0.29) is 12.2 Å². The lowest BCUT2D eigenvalue weighted by atomic mass is 9.87. The van der Waals surface area contributed by atoms with Crippen molar-refractivity contribution >= 4 is 5.91 Å². The summed E-state index contributed by atoms with van der Waals surface area (Å²) >= 11 is 0. The van der Waals surface area contributed by atoms with E-state index < -0.39 is 0 Å². The molecule has 140 valence electrons. The average molecular weight is 363 g/mol. The molecule has 1 amide bonds. The first-order chi connectivity index (χ1) is 13.3. The van der Waals surface area contributed by atoms with Gasteiger partial charge < -0.3 is 14.4 Å². The van der Waals surface area contributed by atoms with Gasteiger partial charge in [0.15, 0.2) is 6.29 Å². The van der Waals surface area contributed by atoms with Crippen molar-refractivity contribution in [2.45, 2.75) is 37.5 Å². The monoisotopic (exact) mass is 363 g/mol. The number of fused-ring (bicyclic) bond motifs is 1. The third-order valence-electron chi connectivity index (χ3n) is 6.36. The lowest BCUT2D eigenvalue weighted by Crippen LogP contribution is -2.36. The molecule has 0 N–H and O–H groups in total. The van der Waals surface area contributed by atoms with Crippen molar-refractivity contribution in [3.05, 3.63) is 71.3 Å². The van der Waals surface area contributed by atoms with E-state index in [4.69, 9.17) is 9.47 Å². The van der Waals surface area contributed by atoms with Gasteiger partial charge in [0.25, 0.3) is 5.91 Å². The topological polar surface area (TPSA) is 38.8 Å². The molecular weight excluding hydrogens is 338 g/mol. The molecule has 3 fully saturated rings. The number of likely N-dealkylation sites (tertiary alicyclic amines) is 1. The zero-order valence-electron chi connectivity index (χ0n) is 15.4. The van der Waals surface area contributed by atoms with Gasteiger partial charge in [-0.05, 0) is 36.5 Å². The summed E-state index contributed by atoms with van der Waals surface area (Å²) < 4.78 is 11.2. The maximum absolute atomic E-state index is 13.4. The molecule has 3 unspecified atom stereocenters. The summed E-state index contributed by atoms with van der Waals surface area (Å²) in [5, 5.41) is 0. The lowest BCUT2D eigenvalue weighted by Gasteiger charge is -2.24. The molecule has 4 heteroatoms. The number of hydrogen-bond donors (Lipinski definition) is 0. The molecule has 2 aromatic carbocycles. The number of rotatable bonds is 3. The van der Waals surface area contributed by atoms with E-state index in [0.29, 0.717) is 31.1 Å². The standard InChI is InChI=1S/C23H25NO3/c25-22(17-8-4-9-18(14-17)23-26-12-13-27-23)24-15-20(16-6-2-1-3-7-16)19-10-5-11-21(19)24/h1-4,6-9,14,19-21,23H,5,10-13,15H2. The van der Waals surface area contributed by atoms with Crippen molar-refractivity contribution in [2.75, 3.05) is 19.8 Å². The highest BCUT2D eigenvalue weighted by Crippen LogP contribution is 2.46. The molecular formula is C23H25NO3. The van der Waals surface area contributed by atoms with Crippen LogP contribution in [0.25, 0.3) is 0 Å². The largest absolute Gasteiger partial charge is 0.346 e. The Bertz CT molecular complexity index is 815. The van der Waals surface area contributed by atoms with Crippen molar-refractivity contribution < 1.29 is 14.3 Å². The van der Waals surface area contributed by atoms with Gasteiger partial charge >= 0.3 is 0 Å². The molecule has 2 aliphatic heterocycles. The molecule has 0 radical (unpaired) electrons. The van der Waals surface area contributed by atoms with E-state index in [1.54, 1.807) is 0 Å². The molecule has 2 heterocycles. The second-order valence-electron chi connectivity index (χ2n) is 7.84. The highest BCUT2D eigenvalue weighted by atomic mass is 16.7. The van der Waals surface area contributed by atoms with E-state index in [1.165, 1.54) is 18.4 Å². The third kappa shape index (κ3) is 3.07. The minimum Gasteiger partial charge on any atom is -0.346 e. The number of carbonyl (C=O) groups excluding carboxylic acids is 1. The number of benzene rings is 2. The SMILES string of the molecule is O=C(c1cccc(C2OCCO2)c1)N1CC(c2ccccc2)C2CCCC21. The van der Waals surface area contributed by atoms with E-state index in [0.717, 1.165) is 24.1 Å². The van der Waals surface area contributed by atoms with Crippen molar-refractivity contribution in [3.8, 4) is 0 Å². The molecule has 3 aliphatic rings. The van der Waals surface area contributed by atoms with Gasteiger partial charge in [-0.25, -0.2) is 0 Å². The lowest BCUT2D eigenvalue weighted by molar-refractivity contribution is -0.0441. The Labute approximate surface area is 160 Å². The second kappa shape index (κ2) is 7.10. The van der Waals surface area contributed by atoms with Crippen LogP contribution in [0.5, 0.6) is 0 Å². The van der Waals surface area contributed by atoms with Crippen molar-refractivity contribution in [1.29, 1.82) is 0 Å². The minimum atomic E-state index is -0.340. The molecule has 0 aromatic heterocycles. The third-order valence-corrected chi connectivity index (χ3v) is 6.36. The quantitative estimate of drug-likeness (QED) is 0.823. The van der Waals surface area contributed by atoms with Crippen LogP contribution in [0.3, 0.4) is 0 Å². The molecule has 1 saturated carbocycles. The second-order valence-corrected chi connectivity index (χ2v) is 7.84. The van der Waals surface area contributed by atoms with Crippen LogP contribution in [0, 0.1) is 5.92 Å². The van der Waals surface area contributed by atoms with Gasteiger partial charge in [0.05, 0.1) is 13.2 Å². The molecule has 3 atom stereocenters. The first-order valence-corrected chi connectivity index (χ1v) is 10.0. The Hall–Kier alpha value is -2.17. The fraction of sp³-hybridized carbons (Fsp3) is 0.435. The fourth-order valence-electron chi connectivity index (χ4n) is 5.13. The molecule has 1 aliphatic carbocycles. The van der Waals surface area contributed by atoms with Gasteiger partial charge in [-0.1, -0.05) is 48.9 Å². The van der Waals surface area contributed by atoms with Crippen LogP contribution in [-0.2, 0) is 9.47 Å². The average Bonchev–Trinajstić information content (AvgIpc) is 3.46. The zero-order chi connectivity index (χ0) is 18.2. The molecule has 2 aromatic rings. The molecule has 0 spiro atoms. The minimum absolute atomic E-state index is 0.144. The van der Waals surface area contributed by atoms with Gasteiger partial charge in [-0.15, -0.1) is 0 Å². The van der Waals surface area contributed by atoms with Crippen LogP contribution in [-0.4, -0.2) is 36.6 Å². The summed E-state index contributed by atoms with van der Waals surface area (Å²) in [6, 6.07) is 18.8. The highest BCUT2D eigenvalue weighted by molar-refractivity contribution is 5.95. The van der Waals surface area contributed by atoms with E-state index in [2.05, 4.69) is 35.2 Å². The Morgan fingerprint density at radius 1 is 0.926 bits per heavy atom.